The summed E-state index contributed by atoms with van der Waals surface area (Å²) in [4.78, 5) is 21.2. The van der Waals surface area contributed by atoms with Gasteiger partial charge in [-0.15, -0.1) is 0 Å². The van der Waals surface area contributed by atoms with Crippen LogP contribution in [0.25, 0.3) is 0 Å². The van der Waals surface area contributed by atoms with Crippen molar-refractivity contribution in [3.05, 3.63) is 33.3 Å². The molecule has 0 bridgehead atoms. The number of nitro groups is 1. The number of carbonyl (C=O) groups is 1. The number of nitrogens with zero attached hydrogens (tertiary/aromatic N) is 1. The highest BCUT2D eigenvalue weighted by atomic mass is 35.5. The Labute approximate surface area is 127 Å². The molecule has 0 aliphatic heterocycles. The Morgan fingerprint density at radius 1 is 1.48 bits per heavy atom. The molecule has 1 aromatic rings. The van der Waals surface area contributed by atoms with E-state index in [0.29, 0.717) is 0 Å². The second-order valence-corrected chi connectivity index (χ2v) is 6.71. The van der Waals surface area contributed by atoms with Crippen LogP contribution in [0.4, 0.5) is 5.69 Å². The summed E-state index contributed by atoms with van der Waals surface area (Å²) in [7, 11) is -4.08. The fraction of sp³-hybridized carbons (Fsp3) is 0.417. The molecular weight excluding hydrogens is 320 g/mol. The molecule has 0 saturated carbocycles. The van der Waals surface area contributed by atoms with Crippen LogP contribution in [-0.4, -0.2) is 19.2 Å². The fourth-order valence-electron chi connectivity index (χ4n) is 1.51. The van der Waals surface area contributed by atoms with E-state index in [9.17, 15) is 23.3 Å². The predicted octanol–water partition coefficient (Wildman–Crippen LogP) is 2.49. The van der Waals surface area contributed by atoms with E-state index in [0.717, 1.165) is 24.6 Å². The molecule has 1 unspecified atom stereocenters. The van der Waals surface area contributed by atoms with Gasteiger partial charge < -0.3 is 0 Å². The number of rotatable bonds is 6. The number of nitro benzene ring substituents is 1. The van der Waals surface area contributed by atoms with Crippen molar-refractivity contribution in [2.75, 3.05) is 0 Å². The Morgan fingerprint density at radius 3 is 2.57 bits per heavy atom. The minimum absolute atomic E-state index is 0.0562. The Morgan fingerprint density at radius 2 is 2.10 bits per heavy atom. The summed E-state index contributed by atoms with van der Waals surface area (Å²) < 4.78 is 25.9. The van der Waals surface area contributed by atoms with Gasteiger partial charge in [0, 0.05) is 12.5 Å². The topological polar surface area (TPSA) is 106 Å². The van der Waals surface area contributed by atoms with Gasteiger partial charge in [-0.3, -0.25) is 14.9 Å². The molecule has 1 atom stereocenters. The first-order valence-electron chi connectivity index (χ1n) is 6.17. The first kappa shape index (κ1) is 17.4. The van der Waals surface area contributed by atoms with Gasteiger partial charge in [0.25, 0.3) is 15.7 Å². The summed E-state index contributed by atoms with van der Waals surface area (Å²) in [6.45, 7) is 3.72. The molecule has 1 N–H and O–H groups in total. The summed E-state index contributed by atoms with van der Waals surface area (Å²) in [5.41, 5.74) is -0.401. The van der Waals surface area contributed by atoms with Crippen molar-refractivity contribution in [1.82, 2.24) is 4.72 Å². The van der Waals surface area contributed by atoms with Gasteiger partial charge in [0.15, 0.2) is 0 Å². The van der Waals surface area contributed by atoms with Crippen LogP contribution in [0.2, 0.25) is 5.02 Å². The second kappa shape index (κ2) is 6.86. The quantitative estimate of drug-likeness (QED) is 0.635. The molecule has 9 heteroatoms. The number of carbonyl (C=O) groups excluding carboxylic acids is 1. The third kappa shape index (κ3) is 4.68. The summed E-state index contributed by atoms with van der Waals surface area (Å²) in [5.74, 6) is -0.570. The van der Waals surface area contributed by atoms with E-state index in [2.05, 4.69) is 0 Å². The molecule has 0 saturated heterocycles. The fourth-order valence-corrected chi connectivity index (χ4v) is 2.85. The second-order valence-electron chi connectivity index (χ2n) is 4.62. The number of amides is 1. The van der Waals surface area contributed by atoms with E-state index in [1.54, 1.807) is 0 Å². The molecule has 0 fully saturated rings. The zero-order chi connectivity index (χ0) is 16.2. The minimum atomic E-state index is -4.08. The molecule has 0 spiro atoms. The maximum absolute atomic E-state index is 12.0. The lowest BCUT2D eigenvalue weighted by Gasteiger charge is -2.10. The molecule has 1 aromatic carbocycles. The molecule has 1 rings (SSSR count). The Hall–Kier alpha value is -1.67. The highest BCUT2D eigenvalue weighted by Crippen LogP contribution is 2.26. The summed E-state index contributed by atoms with van der Waals surface area (Å²) in [6, 6.07) is 2.96. The van der Waals surface area contributed by atoms with Crippen molar-refractivity contribution in [1.29, 1.82) is 0 Å². The lowest BCUT2D eigenvalue weighted by molar-refractivity contribution is -0.384. The minimum Gasteiger partial charge on any atom is -0.274 e. The van der Waals surface area contributed by atoms with Crippen LogP contribution in [0.5, 0.6) is 0 Å². The molecule has 0 aromatic heterocycles. The molecule has 21 heavy (non-hydrogen) atoms. The molecule has 0 aliphatic rings. The van der Waals surface area contributed by atoms with Gasteiger partial charge in [0.05, 0.1) is 9.82 Å². The third-order valence-electron chi connectivity index (χ3n) is 2.91. The monoisotopic (exact) mass is 334 g/mol. The van der Waals surface area contributed by atoms with Gasteiger partial charge in [-0.05, 0) is 18.1 Å². The van der Waals surface area contributed by atoms with E-state index in [-0.39, 0.29) is 22.3 Å². The van der Waals surface area contributed by atoms with Crippen LogP contribution in [0, 0.1) is 16.0 Å². The number of nitrogens with one attached hydrogen (secondary N) is 1. The normalized spacial score (nSPS) is 12.7. The largest absolute Gasteiger partial charge is 0.287 e. The zero-order valence-electron chi connectivity index (χ0n) is 11.5. The molecule has 0 heterocycles. The first-order chi connectivity index (χ1) is 9.67. The number of halogens is 1. The average Bonchev–Trinajstić information content (AvgIpc) is 2.37. The van der Waals surface area contributed by atoms with Gasteiger partial charge >= 0.3 is 0 Å². The Kier molecular flexibility index (Phi) is 5.68. The van der Waals surface area contributed by atoms with E-state index >= 15 is 0 Å². The van der Waals surface area contributed by atoms with Crippen LogP contribution in [0.3, 0.4) is 0 Å². The van der Waals surface area contributed by atoms with Gasteiger partial charge in [-0.25, -0.2) is 13.1 Å². The van der Waals surface area contributed by atoms with Crippen LogP contribution in [-0.2, 0) is 14.8 Å². The number of sulfonamides is 1. The molecule has 1 amide bonds. The highest BCUT2D eigenvalue weighted by Gasteiger charge is 2.22. The molecular formula is C12H15ClN2O5S. The van der Waals surface area contributed by atoms with E-state index in [1.165, 1.54) is 0 Å². The number of hydrogen-bond donors (Lipinski definition) is 1. The smallest absolute Gasteiger partial charge is 0.274 e. The van der Waals surface area contributed by atoms with Gasteiger partial charge in [0.1, 0.15) is 5.02 Å². The lowest BCUT2D eigenvalue weighted by atomic mass is 10.1. The van der Waals surface area contributed by atoms with Crippen LogP contribution < -0.4 is 4.72 Å². The Bertz CT molecular complexity index is 660. The summed E-state index contributed by atoms with van der Waals surface area (Å²) in [5, 5.41) is 10.3. The predicted molar refractivity (Wildman–Crippen MR) is 77.5 cm³/mol. The van der Waals surface area contributed by atoms with Crippen molar-refractivity contribution < 1.29 is 18.1 Å². The molecule has 7 nitrogen and oxygen atoms in total. The lowest BCUT2D eigenvalue weighted by Crippen LogP contribution is -2.31. The van der Waals surface area contributed by atoms with Crippen molar-refractivity contribution >= 4 is 33.2 Å². The maximum atomic E-state index is 12.0. The molecule has 116 valence electrons. The Balaban J connectivity index is 2.96. The van der Waals surface area contributed by atoms with Gasteiger partial charge in [-0.1, -0.05) is 31.9 Å². The van der Waals surface area contributed by atoms with Crippen molar-refractivity contribution in [3.63, 3.8) is 0 Å². The zero-order valence-corrected chi connectivity index (χ0v) is 13.1. The third-order valence-corrected chi connectivity index (χ3v) is 4.58. The van der Waals surface area contributed by atoms with E-state index in [1.807, 2.05) is 18.6 Å². The average molecular weight is 335 g/mol. The molecule has 0 radical (unpaired) electrons. The van der Waals surface area contributed by atoms with E-state index < -0.39 is 26.5 Å². The van der Waals surface area contributed by atoms with Crippen LogP contribution in [0.1, 0.15) is 26.7 Å². The summed E-state index contributed by atoms with van der Waals surface area (Å²) >= 11 is 5.65. The van der Waals surface area contributed by atoms with E-state index in [4.69, 9.17) is 11.6 Å². The summed E-state index contributed by atoms with van der Waals surface area (Å²) in [6.07, 6.45) is 0.827. The SMILES string of the molecule is CCC(C)CC(=O)NS(=O)(=O)c1ccc([N+](=O)[O-])c(Cl)c1. The van der Waals surface area contributed by atoms with Crippen molar-refractivity contribution in [2.45, 2.75) is 31.6 Å². The van der Waals surface area contributed by atoms with Crippen LogP contribution >= 0.6 is 11.6 Å². The standard InChI is InChI=1S/C12H15ClN2O5S/c1-3-8(2)6-12(16)14-21(19,20)9-4-5-11(15(17)18)10(13)7-9/h4-5,7-8H,3,6H2,1-2H3,(H,14,16). The van der Waals surface area contributed by atoms with Gasteiger partial charge in [0.2, 0.25) is 5.91 Å². The van der Waals surface area contributed by atoms with Gasteiger partial charge in [-0.2, -0.15) is 0 Å². The first-order valence-corrected chi connectivity index (χ1v) is 8.03. The van der Waals surface area contributed by atoms with Crippen molar-refractivity contribution in [2.24, 2.45) is 5.92 Å². The highest BCUT2D eigenvalue weighted by molar-refractivity contribution is 7.90. The number of hydrogen-bond acceptors (Lipinski definition) is 5. The maximum Gasteiger partial charge on any atom is 0.287 e. The number of benzene rings is 1. The van der Waals surface area contributed by atoms with Crippen molar-refractivity contribution in [3.8, 4) is 0 Å². The molecule has 0 aliphatic carbocycles. The van der Waals surface area contributed by atoms with Crippen LogP contribution in [0.15, 0.2) is 23.1 Å².